The maximum Gasteiger partial charge on any atom is 0.176 e. The maximum atomic E-state index is 12.0. The van der Waals surface area contributed by atoms with Gasteiger partial charge in [0.2, 0.25) is 0 Å². The van der Waals surface area contributed by atoms with E-state index in [0.29, 0.717) is 18.2 Å². The Hall–Kier alpha value is -1.35. The van der Waals surface area contributed by atoms with Crippen molar-refractivity contribution in [2.75, 3.05) is 20.7 Å². The van der Waals surface area contributed by atoms with Crippen LogP contribution in [-0.4, -0.2) is 37.4 Å². The predicted octanol–water partition coefficient (Wildman–Crippen LogP) is 2.61. The van der Waals surface area contributed by atoms with Crippen LogP contribution in [0.1, 0.15) is 30.6 Å². The molecule has 94 valence electrons. The number of Topliss-reactive ketones (excluding diaryl/α,β-unsaturated/α-hetero) is 1. The molecule has 1 rings (SSSR count). The van der Waals surface area contributed by atoms with Gasteiger partial charge in [-0.2, -0.15) is 0 Å². The quantitative estimate of drug-likeness (QED) is 0.710. The van der Waals surface area contributed by atoms with Crippen LogP contribution in [0.4, 0.5) is 0 Å². The van der Waals surface area contributed by atoms with E-state index in [2.05, 4.69) is 18.7 Å². The lowest BCUT2D eigenvalue weighted by molar-refractivity contribution is 0.0923. The number of ether oxygens (including phenoxy) is 1. The van der Waals surface area contributed by atoms with Crippen LogP contribution in [0.2, 0.25) is 0 Å². The SMILES string of the molecule is CCC(C)N(C)CC(=O)c1cccc(OC)c1. The fraction of sp³-hybridized carbons (Fsp3) is 0.500. The van der Waals surface area contributed by atoms with Crippen molar-refractivity contribution in [2.45, 2.75) is 26.3 Å². The maximum absolute atomic E-state index is 12.0. The van der Waals surface area contributed by atoms with Crippen LogP contribution in [0.15, 0.2) is 24.3 Å². The Balaban J connectivity index is 2.69. The molecule has 0 aliphatic carbocycles. The van der Waals surface area contributed by atoms with Crippen LogP contribution in [0.3, 0.4) is 0 Å². The molecule has 0 spiro atoms. The number of benzene rings is 1. The lowest BCUT2D eigenvalue weighted by Crippen LogP contribution is -2.33. The molecule has 0 aliphatic heterocycles. The molecule has 3 heteroatoms. The summed E-state index contributed by atoms with van der Waals surface area (Å²) in [6.07, 6.45) is 1.04. The van der Waals surface area contributed by atoms with Crippen molar-refractivity contribution in [2.24, 2.45) is 0 Å². The molecule has 0 heterocycles. The van der Waals surface area contributed by atoms with E-state index in [1.807, 2.05) is 25.2 Å². The molecule has 0 radical (unpaired) electrons. The number of nitrogens with zero attached hydrogens (tertiary/aromatic N) is 1. The molecule has 1 atom stereocenters. The van der Waals surface area contributed by atoms with Crippen molar-refractivity contribution in [1.29, 1.82) is 0 Å². The number of methoxy groups -OCH3 is 1. The lowest BCUT2D eigenvalue weighted by Gasteiger charge is -2.22. The van der Waals surface area contributed by atoms with E-state index in [4.69, 9.17) is 4.74 Å². The van der Waals surface area contributed by atoms with Gasteiger partial charge in [0.15, 0.2) is 5.78 Å². The third-order valence-electron chi connectivity index (χ3n) is 3.13. The van der Waals surface area contributed by atoms with E-state index in [1.54, 1.807) is 13.2 Å². The van der Waals surface area contributed by atoms with E-state index in [-0.39, 0.29) is 5.78 Å². The second-order valence-corrected chi connectivity index (χ2v) is 4.33. The summed E-state index contributed by atoms with van der Waals surface area (Å²) in [5.74, 6) is 0.855. The van der Waals surface area contributed by atoms with Crippen molar-refractivity contribution >= 4 is 5.78 Å². The summed E-state index contributed by atoms with van der Waals surface area (Å²) in [5, 5.41) is 0. The molecule has 0 saturated heterocycles. The van der Waals surface area contributed by atoms with Gasteiger partial charge in [-0.15, -0.1) is 0 Å². The Morgan fingerprint density at radius 1 is 1.47 bits per heavy atom. The lowest BCUT2D eigenvalue weighted by atomic mass is 10.1. The van der Waals surface area contributed by atoms with Gasteiger partial charge in [-0.05, 0) is 32.5 Å². The van der Waals surface area contributed by atoms with E-state index in [0.717, 1.165) is 12.2 Å². The van der Waals surface area contributed by atoms with Crippen molar-refractivity contribution < 1.29 is 9.53 Å². The third kappa shape index (κ3) is 3.86. The first kappa shape index (κ1) is 13.7. The van der Waals surface area contributed by atoms with E-state index in [1.165, 1.54) is 0 Å². The molecule has 3 nitrogen and oxygen atoms in total. The van der Waals surface area contributed by atoms with Gasteiger partial charge >= 0.3 is 0 Å². The number of likely N-dealkylation sites (N-methyl/N-ethyl adjacent to an activating group) is 1. The summed E-state index contributed by atoms with van der Waals surface area (Å²) < 4.78 is 5.11. The summed E-state index contributed by atoms with van der Waals surface area (Å²) >= 11 is 0. The standard InChI is InChI=1S/C14H21NO2/c1-5-11(2)15(3)10-14(16)12-7-6-8-13(9-12)17-4/h6-9,11H,5,10H2,1-4H3. The first-order chi connectivity index (χ1) is 8.08. The highest BCUT2D eigenvalue weighted by Crippen LogP contribution is 2.13. The smallest absolute Gasteiger partial charge is 0.176 e. The second-order valence-electron chi connectivity index (χ2n) is 4.33. The molecule has 1 aromatic rings. The monoisotopic (exact) mass is 235 g/mol. The summed E-state index contributed by atoms with van der Waals surface area (Å²) in [5.41, 5.74) is 0.708. The van der Waals surface area contributed by atoms with Gasteiger partial charge in [-0.1, -0.05) is 19.1 Å². The van der Waals surface area contributed by atoms with Gasteiger partial charge in [-0.3, -0.25) is 9.69 Å². The van der Waals surface area contributed by atoms with Gasteiger partial charge in [0.1, 0.15) is 5.75 Å². The molecular formula is C14H21NO2. The number of carbonyl (C=O) groups is 1. The zero-order chi connectivity index (χ0) is 12.8. The van der Waals surface area contributed by atoms with Crippen LogP contribution in [0.25, 0.3) is 0 Å². The normalized spacial score (nSPS) is 12.5. The molecule has 0 saturated carbocycles. The van der Waals surface area contributed by atoms with E-state index in [9.17, 15) is 4.79 Å². The summed E-state index contributed by atoms with van der Waals surface area (Å²) in [7, 11) is 3.58. The fourth-order valence-corrected chi connectivity index (χ4v) is 1.58. The zero-order valence-corrected chi connectivity index (χ0v) is 11.1. The second kappa shape index (κ2) is 6.40. The van der Waals surface area contributed by atoms with Crippen LogP contribution in [0.5, 0.6) is 5.75 Å². The average Bonchev–Trinajstić information content (AvgIpc) is 2.37. The number of hydrogen-bond acceptors (Lipinski definition) is 3. The molecular weight excluding hydrogens is 214 g/mol. The highest BCUT2D eigenvalue weighted by Gasteiger charge is 2.13. The molecule has 0 aliphatic rings. The minimum Gasteiger partial charge on any atom is -0.497 e. The molecule has 0 fully saturated rings. The molecule has 0 bridgehead atoms. The molecule has 17 heavy (non-hydrogen) atoms. The molecule has 1 aromatic carbocycles. The highest BCUT2D eigenvalue weighted by molar-refractivity contribution is 5.97. The van der Waals surface area contributed by atoms with Crippen molar-refractivity contribution in [1.82, 2.24) is 4.90 Å². The topological polar surface area (TPSA) is 29.5 Å². The van der Waals surface area contributed by atoms with Gasteiger partial charge < -0.3 is 4.74 Å². The summed E-state index contributed by atoms with van der Waals surface area (Å²) in [6, 6.07) is 7.72. The Kier molecular flexibility index (Phi) is 5.16. The number of ketones is 1. The Morgan fingerprint density at radius 3 is 2.76 bits per heavy atom. The van der Waals surface area contributed by atoms with E-state index < -0.39 is 0 Å². The van der Waals surface area contributed by atoms with Crippen LogP contribution in [-0.2, 0) is 0 Å². The van der Waals surface area contributed by atoms with Crippen LogP contribution < -0.4 is 4.74 Å². The van der Waals surface area contributed by atoms with Crippen molar-refractivity contribution in [3.05, 3.63) is 29.8 Å². The third-order valence-corrected chi connectivity index (χ3v) is 3.13. The first-order valence-electron chi connectivity index (χ1n) is 5.96. The van der Waals surface area contributed by atoms with Crippen LogP contribution in [0, 0.1) is 0 Å². The molecule has 0 aromatic heterocycles. The van der Waals surface area contributed by atoms with Gasteiger partial charge in [0.05, 0.1) is 13.7 Å². The Bertz CT molecular complexity index is 376. The molecule has 0 N–H and O–H groups in total. The average molecular weight is 235 g/mol. The predicted molar refractivity (Wildman–Crippen MR) is 69.7 cm³/mol. The van der Waals surface area contributed by atoms with Gasteiger partial charge in [0.25, 0.3) is 0 Å². The van der Waals surface area contributed by atoms with Crippen LogP contribution >= 0.6 is 0 Å². The minimum atomic E-state index is 0.131. The zero-order valence-electron chi connectivity index (χ0n) is 11.1. The van der Waals surface area contributed by atoms with Crippen molar-refractivity contribution in [3.63, 3.8) is 0 Å². The number of rotatable bonds is 6. The van der Waals surface area contributed by atoms with Gasteiger partial charge in [0, 0.05) is 11.6 Å². The Morgan fingerprint density at radius 2 is 2.18 bits per heavy atom. The van der Waals surface area contributed by atoms with Crippen molar-refractivity contribution in [3.8, 4) is 5.75 Å². The minimum absolute atomic E-state index is 0.131. The summed E-state index contributed by atoms with van der Waals surface area (Å²) in [6.45, 7) is 4.69. The number of hydrogen-bond donors (Lipinski definition) is 0. The Labute approximate surface area is 103 Å². The largest absolute Gasteiger partial charge is 0.497 e. The van der Waals surface area contributed by atoms with Gasteiger partial charge in [-0.25, -0.2) is 0 Å². The fourth-order valence-electron chi connectivity index (χ4n) is 1.58. The molecule has 1 unspecified atom stereocenters. The molecule has 0 amide bonds. The first-order valence-corrected chi connectivity index (χ1v) is 5.96. The van der Waals surface area contributed by atoms with E-state index >= 15 is 0 Å². The number of carbonyl (C=O) groups excluding carboxylic acids is 1. The summed E-state index contributed by atoms with van der Waals surface area (Å²) in [4.78, 5) is 14.1. The highest BCUT2D eigenvalue weighted by atomic mass is 16.5.